The Morgan fingerprint density at radius 3 is 2.82 bits per heavy atom. The van der Waals surface area contributed by atoms with Crippen molar-refractivity contribution in [1.82, 2.24) is 9.78 Å². The summed E-state index contributed by atoms with van der Waals surface area (Å²) in [5.74, 6) is 0. The number of hydrogen-bond donors (Lipinski definition) is 1. The molecule has 11 heavy (non-hydrogen) atoms. The zero-order valence-corrected chi connectivity index (χ0v) is 7.34. The molecule has 0 aromatic carbocycles. The fourth-order valence-electron chi connectivity index (χ4n) is 0.858. The highest BCUT2D eigenvalue weighted by Gasteiger charge is 2.03. The molecule has 0 bridgehead atoms. The minimum atomic E-state index is -0.384. The van der Waals surface area contributed by atoms with Crippen LogP contribution in [0.15, 0.2) is 6.20 Å². The molecule has 62 valence electrons. The average molecular weight is 175 g/mol. The van der Waals surface area contributed by atoms with Gasteiger partial charge in [0.05, 0.1) is 23.4 Å². The minimum absolute atomic E-state index is 0.384. The lowest BCUT2D eigenvalue weighted by molar-refractivity contribution is 0.168. The van der Waals surface area contributed by atoms with E-state index in [9.17, 15) is 0 Å². The van der Waals surface area contributed by atoms with Gasteiger partial charge in [0.25, 0.3) is 0 Å². The Kier molecular flexibility index (Phi) is 2.52. The highest BCUT2D eigenvalue weighted by Crippen LogP contribution is 2.11. The zero-order valence-electron chi connectivity index (χ0n) is 6.58. The van der Waals surface area contributed by atoms with Gasteiger partial charge in [0.2, 0.25) is 0 Å². The van der Waals surface area contributed by atoms with Crippen LogP contribution in [0.2, 0.25) is 5.02 Å². The molecule has 0 aliphatic carbocycles. The molecule has 0 aliphatic rings. The van der Waals surface area contributed by atoms with E-state index in [-0.39, 0.29) is 6.10 Å². The Labute approximate surface area is 70.6 Å². The Morgan fingerprint density at radius 2 is 2.45 bits per heavy atom. The van der Waals surface area contributed by atoms with Crippen LogP contribution < -0.4 is 0 Å². The monoisotopic (exact) mass is 174 g/mol. The summed E-state index contributed by atoms with van der Waals surface area (Å²) >= 11 is 5.75. The molecule has 1 N–H and O–H groups in total. The smallest absolute Gasteiger partial charge is 0.0814 e. The van der Waals surface area contributed by atoms with Gasteiger partial charge in [-0.25, -0.2) is 0 Å². The second kappa shape index (κ2) is 3.24. The third-order valence-electron chi connectivity index (χ3n) is 1.34. The highest BCUT2D eigenvalue weighted by atomic mass is 35.5. The summed E-state index contributed by atoms with van der Waals surface area (Å²) in [4.78, 5) is 0. The van der Waals surface area contributed by atoms with Crippen molar-refractivity contribution in [3.8, 4) is 0 Å². The minimum Gasteiger partial charge on any atom is -0.391 e. The third-order valence-corrected chi connectivity index (χ3v) is 1.71. The van der Waals surface area contributed by atoms with Crippen LogP contribution >= 0.6 is 11.6 Å². The van der Waals surface area contributed by atoms with Crippen molar-refractivity contribution in [3.63, 3.8) is 0 Å². The van der Waals surface area contributed by atoms with Gasteiger partial charge in [0, 0.05) is 6.20 Å². The van der Waals surface area contributed by atoms with E-state index in [1.54, 1.807) is 17.8 Å². The van der Waals surface area contributed by atoms with Crippen molar-refractivity contribution in [1.29, 1.82) is 0 Å². The summed E-state index contributed by atoms with van der Waals surface area (Å²) in [6, 6.07) is 0. The summed E-state index contributed by atoms with van der Waals surface area (Å²) in [7, 11) is 0. The van der Waals surface area contributed by atoms with Crippen molar-refractivity contribution < 1.29 is 5.11 Å². The first-order chi connectivity index (χ1) is 5.09. The molecule has 0 radical (unpaired) electrons. The van der Waals surface area contributed by atoms with Gasteiger partial charge in [-0.1, -0.05) is 11.6 Å². The van der Waals surface area contributed by atoms with Crippen LogP contribution in [0, 0.1) is 6.92 Å². The maximum absolute atomic E-state index is 9.00. The molecule has 1 aromatic heterocycles. The van der Waals surface area contributed by atoms with E-state index in [1.807, 2.05) is 6.92 Å². The number of halogens is 1. The van der Waals surface area contributed by atoms with Crippen LogP contribution in [0.25, 0.3) is 0 Å². The molecule has 0 amide bonds. The maximum Gasteiger partial charge on any atom is 0.0814 e. The molecule has 1 aromatic rings. The van der Waals surface area contributed by atoms with E-state index < -0.39 is 0 Å². The molecule has 0 saturated heterocycles. The van der Waals surface area contributed by atoms with E-state index in [2.05, 4.69) is 5.10 Å². The summed E-state index contributed by atoms with van der Waals surface area (Å²) in [6.45, 7) is 4.04. The van der Waals surface area contributed by atoms with Crippen LogP contribution in [0.3, 0.4) is 0 Å². The summed E-state index contributed by atoms with van der Waals surface area (Å²) in [6.07, 6.45) is 1.33. The first-order valence-electron chi connectivity index (χ1n) is 3.47. The van der Waals surface area contributed by atoms with Gasteiger partial charge in [0.15, 0.2) is 0 Å². The van der Waals surface area contributed by atoms with E-state index in [1.165, 1.54) is 0 Å². The predicted molar refractivity (Wildman–Crippen MR) is 43.7 cm³/mol. The van der Waals surface area contributed by atoms with Gasteiger partial charge >= 0.3 is 0 Å². The van der Waals surface area contributed by atoms with Crippen molar-refractivity contribution in [2.45, 2.75) is 26.5 Å². The Balaban J connectivity index is 2.73. The fourth-order valence-corrected chi connectivity index (χ4v) is 1.01. The Morgan fingerprint density at radius 1 is 1.82 bits per heavy atom. The molecule has 0 spiro atoms. The third kappa shape index (κ3) is 2.20. The van der Waals surface area contributed by atoms with E-state index >= 15 is 0 Å². The number of rotatable bonds is 2. The first-order valence-corrected chi connectivity index (χ1v) is 3.85. The molecule has 0 saturated carbocycles. The van der Waals surface area contributed by atoms with E-state index in [0.29, 0.717) is 11.6 Å². The number of hydrogen-bond acceptors (Lipinski definition) is 2. The van der Waals surface area contributed by atoms with Crippen molar-refractivity contribution in [3.05, 3.63) is 16.9 Å². The van der Waals surface area contributed by atoms with E-state index in [4.69, 9.17) is 16.7 Å². The molecule has 1 heterocycles. The summed E-state index contributed by atoms with van der Waals surface area (Å²) in [5, 5.41) is 13.7. The number of aromatic nitrogens is 2. The Hall–Kier alpha value is -0.540. The Bertz CT molecular complexity index is 225. The molecule has 0 aliphatic heterocycles. The predicted octanol–water partition coefficient (Wildman–Crippen LogP) is 1.23. The molecule has 0 unspecified atom stereocenters. The van der Waals surface area contributed by atoms with E-state index in [0.717, 1.165) is 5.69 Å². The molecule has 0 fully saturated rings. The highest BCUT2D eigenvalue weighted by molar-refractivity contribution is 6.31. The summed E-state index contributed by atoms with van der Waals surface area (Å²) in [5.41, 5.74) is 0.798. The van der Waals surface area contributed by atoms with Gasteiger partial charge in [-0.05, 0) is 13.8 Å². The number of aliphatic hydroxyl groups is 1. The van der Waals surface area contributed by atoms with Crippen LogP contribution in [0.1, 0.15) is 12.6 Å². The van der Waals surface area contributed by atoms with Crippen molar-refractivity contribution in [2.75, 3.05) is 0 Å². The normalized spacial score (nSPS) is 13.5. The standard InChI is InChI=1S/C7H11ClN2O/c1-5(11)3-10-4-7(8)6(2)9-10/h4-5,11H,3H2,1-2H3/t5-/m0/s1. The second-order valence-electron chi connectivity index (χ2n) is 2.63. The lowest BCUT2D eigenvalue weighted by Crippen LogP contribution is -2.11. The quantitative estimate of drug-likeness (QED) is 0.733. The van der Waals surface area contributed by atoms with Gasteiger partial charge in [-0.3, -0.25) is 4.68 Å². The number of nitrogens with zero attached hydrogens (tertiary/aromatic N) is 2. The lowest BCUT2D eigenvalue weighted by Gasteiger charge is -2.02. The van der Waals surface area contributed by atoms with Crippen LogP contribution in [-0.2, 0) is 6.54 Å². The molecule has 1 rings (SSSR count). The molecule has 4 heteroatoms. The molecule has 1 atom stereocenters. The molecule has 3 nitrogen and oxygen atoms in total. The number of aliphatic hydroxyl groups excluding tert-OH is 1. The first kappa shape index (κ1) is 8.56. The second-order valence-corrected chi connectivity index (χ2v) is 3.04. The van der Waals surface area contributed by atoms with Crippen LogP contribution in [0.4, 0.5) is 0 Å². The SMILES string of the molecule is Cc1nn(C[C@H](C)O)cc1Cl. The maximum atomic E-state index is 9.00. The zero-order chi connectivity index (χ0) is 8.43. The van der Waals surface area contributed by atoms with Gasteiger partial charge in [-0.2, -0.15) is 5.10 Å². The summed E-state index contributed by atoms with van der Waals surface area (Å²) < 4.78 is 1.64. The average Bonchev–Trinajstić information content (AvgIpc) is 2.10. The topological polar surface area (TPSA) is 38.0 Å². The lowest BCUT2D eigenvalue weighted by atomic mass is 10.4. The van der Waals surface area contributed by atoms with Gasteiger partial charge in [-0.15, -0.1) is 0 Å². The van der Waals surface area contributed by atoms with Crippen LogP contribution in [0.5, 0.6) is 0 Å². The van der Waals surface area contributed by atoms with Gasteiger partial charge in [0.1, 0.15) is 0 Å². The fraction of sp³-hybridized carbons (Fsp3) is 0.571. The largest absolute Gasteiger partial charge is 0.391 e. The van der Waals surface area contributed by atoms with Crippen LogP contribution in [-0.4, -0.2) is 21.0 Å². The van der Waals surface area contributed by atoms with Crippen molar-refractivity contribution >= 4 is 11.6 Å². The number of aryl methyl sites for hydroxylation is 1. The molecular formula is C7H11ClN2O. The van der Waals surface area contributed by atoms with Gasteiger partial charge < -0.3 is 5.11 Å². The van der Waals surface area contributed by atoms with Crippen molar-refractivity contribution in [2.24, 2.45) is 0 Å². The molecular weight excluding hydrogens is 164 g/mol.